The molecular weight excluding hydrogens is 506 g/mol. The van der Waals surface area contributed by atoms with Crippen molar-refractivity contribution < 1.29 is 29.2 Å². The Labute approximate surface area is 215 Å². The van der Waals surface area contributed by atoms with Crippen molar-refractivity contribution in [3.05, 3.63) is 65.2 Å². The zero-order chi connectivity index (χ0) is 27.7. The number of amides is 1. The molecule has 0 unspecified atom stereocenters. The van der Waals surface area contributed by atoms with Crippen molar-refractivity contribution in [1.29, 1.82) is 0 Å². The molecule has 0 saturated carbocycles. The lowest BCUT2D eigenvalue weighted by Gasteiger charge is -2.20. The minimum Gasteiger partial charge on any atom is -0.394 e. The molecule has 208 valence electrons. The number of aliphatic hydroxyl groups is 2. The van der Waals surface area contributed by atoms with Gasteiger partial charge in [0.05, 0.1) is 12.7 Å². The fourth-order valence-corrected chi connectivity index (χ4v) is 4.83. The second-order valence-corrected chi connectivity index (χ2v) is 9.53. The number of hydrogen-bond acceptors (Lipinski definition) is 10. The van der Waals surface area contributed by atoms with Gasteiger partial charge in [-0.2, -0.15) is 0 Å². The van der Waals surface area contributed by atoms with Crippen molar-refractivity contribution in [3.63, 3.8) is 0 Å². The Bertz CT molecular complexity index is 1410. The molecule has 2 aliphatic rings. The summed E-state index contributed by atoms with van der Waals surface area (Å²) in [4.78, 5) is 65.0. The van der Waals surface area contributed by atoms with Crippen LogP contribution in [-0.2, 0) is 19.0 Å². The number of nitrogens with one attached hydrogen (secondary N) is 3. The number of nitrogens with zero attached hydrogens (tertiary/aromatic N) is 2. The van der Waals surface area contributed by atoms with E-state index in [4.69, 9.17) is 14.2 Å². The van der Waals surface area contributed by atoms with Crippen molar-refractivity contribution in [1.82, 2.24) is 24.4 Å². The maximum atomic E-state index is 12.7. The van der Waals surface area contributed by atoms with Gasteiger partial charge >= 0.3 is 11.4 Å². The number of aryl methyl sites for hydroxylation is 2. The van der Waals surface area contributed by atoms with E-state index in [1.54, 1.807) is 6.92 Å². The highest BCUT2D eigenvalue weighted by molar-refractivity contribution is 5.76. The van der Waals surface area contributed by atoms with Gasteiger partial charge in [0, 0.05) is 49.5 Å². The summed E-state index contributed by atoms with van der Waals surface area (Å²) in [5, 5.41) is 23.1. The molecule has 0 aromatic carbocycles. The van der Waals surface area contributed by atoms with Crippen LogP contribution in [0.5, 0.6) is 0 Å². The van der Waals surface area contributed by atoms with Crippen molar-refractivity contribution in [2.24, 2.45) is 5.92 Å². The van der Waals surface area contributed by atoms with Gasteiger partial charge in [-0.15, -0.1) is 0 Å². The fourth-order valence-electron chi connectivity index (χ4n) is 4.83. The first-order chi connectivity index (χ1) is 18.0. The van der Waals surface area contributed by atoms with Crippen LogP contribution in [0.1, 0.15) is 36.4 Å². The Kier molecular flexibility index (Phi) is 8.13. The highest BCUT2D eigenvalue weighted by Gasteiger charge is 2.46. The molecule has 0 bridgehead atoms. The van der Waals surface area contributed by atoms with Crippen LogP contribution in [0.2, 0.25) is 0 Å². The smallest absolute Gasteiger partial charge is 0.330 e. The van der Waals surface area contributed by atoms with Crippen molar-refractivity contribution in [2.75, 3.05) is 20.3 Å². The van der Waals surface area contributed by atoms with Crippen molar-refractivity contribution >= 4 is 5.91 Å². The summed E-state index contributed by atoms with van der Waals surface area (Å²) in [7, 11) is 1.34. The lowest BCUT2D eigenvalue weighted by molar-refractivity contribution is -0.123. The maximum Gasteiger partial charge on any atom is 0.330 e. The first-order valence-electron chi connectivity index (χ1n) is 12.1. The van der Waals surface area contributed by atoms with E-state index >= 15 is 0 Å². The van der Waals surface area contributed by atoms with E-state index in [2.05, 4.69) is 15.3 Å². The van der Waals surface area contributed by atoms with Gasteiger partial charge in [-0.3, -0.25) is 33.5 Å². The number of carbonyl (C=O) groups is 1. The van der Waals surface area contributed by atoms with E-state index in [9.17, 15) is 34.2 Å². The Morgan fingerprint density at radius 2 is 1.66 bits per heavy atom. The number of rotatable bonds is 8. The number of H-pyrrole nitrogens is 2. The van der Waals surface area contributed by atoms with E-state index < -0.39 is 71.2 Å². The monoisotopic (exact) mass is 537 g/mol. The van der Waals surface area contributed by atoms with Crippen LogP contribution in [0, 0.1) is 19.8 Å². The molecule has 0 aliphatic carbocycles. The normalized spacial score (nSPS) is 29.0. The summed E-state index contributed by atoms with van der Waals surface area (Å²) in [6.07, 6.45) is -2.69. The number of hydrogen-bond donors (Lipinski definition) is 5. The average molecular weight is 538 g/mol. The van der Waals surface area contributed by atoms with Crippen LogP contribution >= 0.6 is 0 Å². The van der Waals surface area contributed by atoms with Crippen LogP contribution in [-0.4, -0.2) is 79.9 Å². The molecule has 2 aromatic rings. The Morgan fingerprint density at radius 1 is 1.05 bits per heavy atom. The van der Waals surface area contributed by atoms with Gasteiger partial charge in [-0.25, -0.2) is 9.59 Å². The lowest BCUT2D eigenvalue weighted by Crippen LogP contribution is -2.41. The Morgan fingerprint density at radius 3 is 2.26 bits per heavy atom. The van der Waals surface area contributed by atoms with Gasteiger partial charge in [0.15, 0.2) is 6.23 Å². The third-order valence-corrected chi connectivity index (χ3v) is 6.95. The molecule has 2 saturated heterocycles. The average Bonchev–Trinajstić information content (AvgIpc) is 3.42. The molecule has 0 radical (unpaired) electrons. The number of aromatic nitrogens is 4. The second kappa shape index (κ2) is 11.2. The first kappa shape index (κ1) is 27.7. The van der Waals surface area contributed by atoms with Crippen LogP contribution in [0.4, 0.5) is 0 Å². The molecule has 2 fully saturated rings. The predicted molar refractivity (Wildman–Crippen MR) is 130 cm³/mol. The van der Waals surface area contributed by atoms with Crippen molar-refractivity contribution in [2.45, 2.75) is 63.6 Å². The van der Waals surface area contributed by atoms with E-state index in [0.717, 1.165) is 4.57 Å². The summed E-state index contributed by atoms with van der Waals surface area (Å²) < 4.78 is 19.3. The highest BCUT2D eigenvalue weighted by Crippen LogP contribution is 2.35. The number of aliphatic hydroxyl groups excluding tert-OH is 2. The first-order valence-corrected chi connectivity index (χ1v) is 12.1. The quantitative estimate of drug-likeness (QED) is 0.237. The van der Waals surface area contributed by atoms with E-state index in [1.165, 1.54) is 31.0 Å². The number of aromatic amines is 2. The van der Waals surface area contributed by atoms with Crippen LogP contribution < -0.4 is 27.8 Å². The molecule has 15 heteroatoms. The summed E-state index contributed by atoms with van der Waals surface area (Å²) >= 11 is 0. The summed E-state index contributed by atoms with van der Waals surface area (Å²) in [6, 6.07) is 0. The van der Waals surface area contributed by atoms with E-state index in [-0.39, 0.29) is 31.6 Å². The fraction of sp³-hybridized carbons (Fsp3) is 0.609. The minimum atomic E-state index is -1.19. The zero-order valence-electron chi connectivity index (χ0n) is 21.1. The van der Waals surface area contributed by atoms with E-state index in [0.29, 0.717) is 5.56 Å². The lowest BCUT2D eigenvalue weighted by atomic mass is 9.96. The highest BCUT2D eigenvalue weighted by atomic mass is 16.6. The summed E-state index contributed by atoms with van der Waals surface area (Å²) in [5.74, 6) is -0.839. The Hall–Kier alpha value is -3.37. The van der Waals surface area contributed by atoms with Crippen LogP contribution in [0.25, 0.3) is 0 Å². The number of methoxy groups -OCH3 is 1. The molecule has 4 rings (SSSR count). The summed E-state index contributed by atoms with van der Waals surface area (Å²) in [5.41, 5.74) is -1.84. The van der Waals surface area contributed by atoms with Gasteiger partial charge < -0.3 is 29.7 Å². The molecule has 4 heterocycles. The van der Waals surface area contributed by atoms with Crippen LogP contribution in [0.3, 0.4) is 0 Å². The number of ether oxygens (including phenoxy) is 3. The SMILES string of the molecule is CO[C@@H]1[C@H](O)[C@@H](CNC(=O)C[C@H]2C[C@H](n3cc(C)c(=O)[nH]c3=O)O[C@@H]2CO)O[C@H]1n1cc(C)c(=O)[nH]c1=O. The Balaban J connectivity index is 1.39. The standard InChI is InChI=1S/C23H31N5O10/c1-10-7-27(22(34)25-19(10)32)16-5-12(14(9-29)37-16)4-15(30)24-6-13-17(31)18(36-3)21(38-13)28-8-11(2)20(33)26-23(28)35/h7-8,12-14,16-18,21,29,31H,4-6,9H2,1-3H3,(H,24,30)(H,25,32,34)(H,26,33,35)/t12-,13+,14+,16+,17+,18+,21+/m0/s1. The van der Waals surface area contributed by atoms with Gasteiger partial charge in [0.25, 0.3) is 11.1 Å². The molecule has 0 spiro atoms. The topological polar surface area (TPSA) is 207 Å². The molecule has 2 aliphatic heterocycles. The van der Waals surface area contributed by atoms with Crippen LogP contribution in [0.15, 0.2) is 31.6 Å². The third-order valence-electron chi connectivity index (χ3n) is 6.95. The number of carbonyl (C=O) groups excluding carboxylic acids is 1. The molecule has 7 atom stereocenters. The maximum absolute atomic E-state index is 12.7. The molecule has 15 nitrogen and oxygen atoms in total. The largest absolute Gasteiger partial charge is 0.394 e. The summed E-state index contributed by atoms with van der Waals surface area (Å²) in [6.45, 7) is 2.59. The minimum absolute atomic E-state index is 0.0443. The predicted octanol–water partition coefficient (Wildman–Crippen LogP) is -2.62. The molecule has 1 amide bonds. The van der Waals surface area contributed by atoms with Gasteiger partial charge in [0.1, 0.15) is 24.5 Å². The van der Waals surface area contributed by atoms with Crippen molar-refractivity contribution in [3.8, 4) is 0 Å². The molecule has 5 N–H and O–H groups in total. The second-order valence-electron chi connectivity index (χ2n) is 9.53. The van der Waals surface area contributed by atoms with E-state index in [1.807, 2.05) is 0 Å². The zero-order valence-corrected chi connectivity index (χ0v) is 21.1. The van der Waals surface area contributed by atoms with Gasteiger partial charge in [-0.05, 0) is 20.3 Å². The molecule has 2 aromatic heterocycles. The van der Waals surface area contributed by atoms with Gasteiger partial charge in [0.2, 0.25) is 5.91 Å². The molecule has 38 heavy (non-hydrogen) atoms. The van der Waals surface area contributed by atoms with Gasteiger partial charge in [-0.1, -0.05) is 0 Å². The molecular formula is C23H31N5O10. The third kappa shape index (κ3) is 5.42.